The molecule has 0 aliphatic carbocycles. The van der Waals surface area contributed by atoms with Crippen molar-refractivity contribution in [3.63, 3.8) is 0 Å². The van der Waals surface area contributed by atoms with Crippen LogP contribution in [0.5, 0.6) is 0 Å². The number of hydrogen-bond acceptors (Lipinski definition) is 6. The Morgan fingerprint density at radius 3 is 2.26 bits per heavy atom. The minimum absolute atomic E-state index is 0.0329. The highest BCUT2D eigenvalue weighted by molar-refractivity contribution is 7.90. The molecule has 0 atom stereocenters. The minimum atomic E-state index is -4.21. The first-order valence-electron chi connectivity index (χ1n) is 12.1. The number of rotatable bonds is 6. The van der Waals surface area contributed by atoms with Gasteiger partial charge in [0, 0.05) is 43.5 Å². The fourth-order valence-electron chi connectivity index (χ4n) is 4.26. The van der Waals surface area contributed by atoms with E-state index in [0.717, 1.165) is 14.2 Å². The van der Waals surface area contributed by atoms with E-state index in [0.29, 0.717) is 5.56 Å². The van der Waals surface area contributed by atoms with E-state index in [-0.39, 0.29) is 48.0 Å². The molecule has 2 N–H and O–H groups in total. The van der Waals surface area contributed by atoms with Crippen LogP contribution in [0.4, 0.5) is 16.2 Å². The minimum Gasteiger partial charge on any atom is -0.444 e. The second kappa shape index (κ2) is 10.8. The Kier molecular flexibility index (Phi) is 8.36. The molecule has 1 saturated heterocycles. The first-order valence-corrected chi connectivity index (χ1v) is 13.9. The van der Waals surface area contributed by atoms with E-state index in [1.54, 1.807) is 26.8 Å². The third-order valence-electron chi connectivity index (χ3n) is 6.40. The number of carbonyl (C=O) groups is 1. The third kappa shape index (κ3) is 5.90. The van der Waals surface area contributed by atoms with Gasteiger partial charge in [-0.2, -0.15) is 18.0 Å². The molecule has 1 fully saturated rings. The zero-order valence-corrected chi connectivity index (χ0v) is 23.9. The van der Waals surface area contributed by atoms with E-state index in [9.17, 15) is 18.5 Å². The Bertz CT molecular complexity index is 1360. The maximum Gasteiger partial charge on any atom is 0.410 e. The first kappa shape index (κ1) is 29.3. The summed E-state index contributed by atoms with van der Waals surface area (Å²) in [7, 11) is -1.43. The molecule has 1 amide bonds. The summed E-state index contributed by atoms with van der Waals surface area (Å²) in [4.78, 5) is 14.1. The lowest BCUT2D eigenvalue weighted by Crippen LogP contribution is -2.49. The molecule has 0 radical (unpaired) electrons. The molecular formula is C27H34ClN5O4S. The smallest absolute Gasteiger partial charge is 0.410 e. The lowest BCUT2D eigenvalue weighted by molar-refractivity contribution is 0.0167. The molecular weight excluding hydrogens is 526 g/mol. The van der Waals surface area contributed by atoms with Crippen LogP contribution in [0, 0.1) is 16.7 Å². The van der Waals surface area contributed by atoms with Crippen LogP contribution in [0.2, 0.25) is 5.02 Å². The summed E-state index contributed by atoms with van der Waals surface area (Å²) >= 11 is 6.47. The summed E-state index contributed by atoms with van der Waals surface area (Å²) in [5.74, 6) is 0. The van der Waals surface area contributed by atoms with Gasteiger partial charge in [0.25, 0.3) is 0 Å². The SMILES string of the molecule is C=C(N(c1cc(Cl)cc(-c2ccccc2)c1N)S(=O)(=O)N(C)C)C1(C#N)CCN(C(=O)OC(C)(C)C)CC1. The quantitative estimate of drug-likeness (QED) is 0.482. The average Bonchev–Trinajstić information content (AvgIpc) is 2.85. The molecule has 9 nitrogen and oxygen atoms in total. The van der Waals surface area contributed by atoms with Crippen molar-refractivity contribution in [1.82, 2.24) is 9.21 Å². The van der Waals surface area contributed by atoms with Crippen LogP contribution < -0.4 is 10.0 Å². The maximum absolute atomic E-state index is 13.7. The number of nitriles is 1. The number of carbonyl (C=O) groups excluding carboxylic acids is 1. The van der Waals surface area contributed by atoms with E-state index in [1.165, 1.54) is 25.1 Å². The fourth-order valence-corrected chi connectivity index (χ4v) is 5.65. The summed E-state index contributed by atoms with van der Waals surface area (Å²) in [5.41, 5.74) is 6.23. The summed E-state index contributed by atoms with van der Waals surface area (Å²) < 4.78 is 34.9. The van der Waals surface area contributed by atoms with Gasteiger partial charge >= 0.3 is 16.3 Å². The van der Waals surface area contributed by atoms with Crippen LogP contribution in [0.15, 0.2) is 54.7 Å². The van der Waals surface area contributed by atoms with Crippen molar-refractivity contribution >= 4 is 39.3 Å². The Morgan fingerprint density at radius 1 is 1.18 bits per heavy atom. The molecule has 0 saturated carbocycles. The van der Waals surface area contributed by atoms with Crippen LogP contribution in [0.25, 0.3) is 11.1 Å². The predicted octanol–water partition coefficient (Wildman–Crippen LogP) is 5.26. The van der Waals surface area contributed by atoms with Crippen molar-refractivity contribution < 1.29 is 17.9 Å². The number of amides is 1. The van der Waals surface area contributed by atoms with Gasteiger partial charge in [-0.15, -0.1) is 0 Å². The predicted molar refractivity (Wildman–Crippen MR) is 151 cm³/mol. The molecule has 1 aliphatic heterocycles. The molecule has 2 aromatic carbocycles. The van der Waals surface area contributed by atoms with Crippen molar-refractivity contribution in [3.8, 4) is 17.2 Å². The lowest BCUT2D eigenvalue weighted by Gasteiger charge is -2.42. The number of nitrogen functional groups attached to an aromatic ring is 1. The number of piperidine rings is 1. The van der Waals surface area contributed by atoms with Gasteiger partial charge in [0.2, 0.25) is 0 Å². The lowest BCUT2D eigenvalue weighted by atomic mass is 9.77. The second-order valence-corrected chi connectivity index (χ2v) is 12.8. The highest BCUT2D eigenvalue weighted by Crippen LogP contribution is 2.46. The van der Waals surface area contributed by atoms with Gasteiger partial charge in [0.1, 0.15) is 11.0 Å². The Labute approximate surface area is 230 Å². The number of benzene rings is 2. The topological polar surface area (TPSA) is 120 Å². The Hall–Kier alpha value is -3.26. The fraction of sp³-hybridized carbons (Fsp3) is 0.407. The van der Waals surface area contributed by atoms with Crippen molar-refractivity contribution in [2.75, 3.05) is 37.2 Å². The van der Waals surface area contributed by atoms with Crippen LogP contribution >= 0.6 is 11.6 Å². The summed E-state index contributed by atoms with van der Waals surface area (Å²) in [6, 6.07) is 14.6. The van der Waals surface area contributed by atoms with Crippen molar-refractivity contribution in [3.05, 3.63) is 59.8 Å². The van der Waals surface area contributed by atoms with Crippen LogP contribution in [-0.2, 0) is 14.9 Å². The molecule has 11 heteroatoms. The second-order valence-electron chi connectivity index (χ2n) is 10.4. The molecule has 0 unspecified atom stereocenters. The average molecular weight is 560 g/mol. The maximum atomic E-state index is 13.7. The zero-order chi connectivity index (χ0) is 28.5. The van der Waals surface area contributed by atoms with Crippen LogP contribution in [-0.4, -0.2) is 56.5 Å². The Morgan fingerprint density at radius 2 is 1.76 bits per heavy atom. The number of likely N-dealkylation sites (tertiary alicyclic amines) is 1. The summed E-state index contributed by atoms with van der Waals surface area (Å²) in [6.45, 7) is 9.83. The van der Waals surface area contributed by atoms with Crippen LogP contribution in [0.1, 0.15) is 33.6 Å². The summed E-state index contributed by atoms with van der Waals surface area (Å²) in [5, 5.41) is 10.6. The molecule has 2 aromatic rings. The van der Waals surface area contributed by atoms with Gasteiger partial charge in [0.05, 0.1) is 17.4 Å². The molecule has 0 aromatic heterocycles. The van der Waals surface area contributed by atoms with Crippen molar-refractivity contribution in [1.29, 1.82) is 5.26 Å². The van der Waals surface area contributed by atoms with E-state index < -0.39 is 27.3 Å². The number of nitrogens with two attached hydrogens (primary N) is 1. The van der Waals surface area contributed by atoms with E-state index >= 15 is 0 Å². The molecule has 204 valence electrons. The number of nitrogens with zero attached hydrogens (tertiary/aromatic N) is 4. The van der Waals surface area contributed by atoms with Gasteiger partial charge in [-0.05, 0) is 51.3 Å². The molecule has 1 heterocycles. The number of halogens is 1. The van der Waals surface area contributed by atoms with Gasteiger partial charge < -0.3 is 15.4 Å². The van der Waals surface area contributed by atoms with Crippen molar-refractivity contribution in [2.45, 2.75) is 39.2 Å². The van der Waals surface area contributed by atoms with E-state index in [4.69, 9.17) is 22.1 Å². The van der Waals surface area contributed by atoms with Gasteiger partial charge in [0.15, 0.2) is 0 Å². The van der Waals surface area contributed by atoms with Gasteiger partial charge in [-0.3, -0.25) is 0 Å². The van der Waals surface area contributed by atoms with E-state index in [2.05, 4.69) is 12.6 Å². The van der Waals surface area contributed by atoms with E-state index in [1.807, 2.05) is 30.3 Å². The van der Waals surface area contributed by atoms with Crippen molar-refractivity contribution in [2.24, 2.45) is 5.41 Å². The largest absolute Gasteiger partial charge is 0.444 e. The first-order chi connectivity index (χ1) is 17.6. The number of hydrogen-bond donors (Lipinski definition) is 1. The molecule has 1 aliphatic rings. The molecule has 0 bridgehead atoms. The summed E-state index contributed by atoms with van der Waals surface area (Å²) in [6.07, 6.45) is -0.168. The normalized spacial score (nSPS) is 15.6. The zero-order valence-electron chi connectivity index (χ0n) is 22.4. The van der Waals surface area contributed by atoms with Gasteiger partial charge in [-0.25, -0.2) is 9.10 Å². The third-order valence-corrected chi connectivity index (χ3v) is 8.42. The molecule has 3 rings (SSSR count). The Balaban J connectivity index is 2.08. The monoisotopic (exact) mass is 559 g/mol. The number of anilines is 2. The highest BCUT2D eigenvalue weighted by atomic mass is 35.5. The number of allylic oxidation sites excluding steroid dienone is 1. The molecule has 38 heavy (non-hydrogen) atoms. The highest BCUT2D eigenvalue weighted by Gasteiger charge is 2.45. The van der Waals surface area contributed by atoms with Crippen LogP contribution in [0.3, 0.4) is 0 Å². The number of ether oxygens (including phenoxy) is 1. The van der Waals surface area contributed by atoms with Gasteiger partial charge in [-0.1, -0.05) is 48.5 Å². The molecule has 0 spiro atoms. The standard InChI is InChI=1S/C27H34ClN5O4S/c1-19(27(18-29)12-14-32(15-13-27)25(34)37-26(2,3)4)33(38(35,36)31(5)6)23-17-21(28)16-22(24(23)30)20-10-8-7-9-11-20/h7-11,16-17H,1,12-15,30H2,2-6H3.